The van der Waals surface area contributed by atoms with Gasteiger partial charge in [0, 0.05) is 30.8 Å². The van der Waals surface area contributed by atoms with Gasteiger partial charge in [0.25, 0.3) is 0 Å². The second kappa shape index (κ2) is 9.41. The Balaban J connectivity index is 1.48. The quantitative estimate of drug-likeness (QED) is 0.350. The summed E-state index contributed by atoms with van der Waals surface area (Å²) < 4.78 is 24.2. The molecule has 0 amide bonds. The van der Waals surface area contributed by atoms with E-state index in [-0.39, 0.29) is 17.1 Å². The SMILES string of the molecule is COc1ccc(C2C3=C(CC(C)(C)CC3=O)Oc3ncn4nc(Cc5ccc(OC)c(OC)c5)nc4c32)cc1. The zero-order valence-electron chi connectivity index (χ0n) is 22.6. The van der Waals surface area contributed by atoms with E-state index in [0.29, 0.717) is 59.4 Å². The van der Waals surface area contributed by atoms with E-state index in [1.165, 1.54) is 0 Å². The van der Waals surface area contributed by atoms with E-state index in [1.54, 1.807) is 32.2 Å². The van der Waals surface area contributed by atoms with Crippen LogP contribution < -0.4 is 18.9 Å². The molecule has 0 saturated carbocycles. The molecule has 0 bridgehead atoms. The Labute approximate surface area is 226 Å². The van der Waals surface area contributed by atoms with Gasteiger partial charge in [-0.15, -0.1) is 5.10 Å². The van der Waals surface area contributed by atoms with Gasteiger partial charge in [0.2, 0.25) is 5.88 Å². The molecule has 0 spiro atoms. The summed E-state index contributed by atoms with van der Waals surface area (Å²) in [5, 5.41) is 4.71. The Kier molecular flexibility index (Phi) is 6.01. The third kappa shape index (κ3) is 4.37. The number of rotatable bonds is 6. The van der Waals surface area contributed by atoms with E-state index in [2.05, 4.69) is 18.8 Å². The number of aromatic nitrogens is 4. The minimum absolute atomic E-state index is 0.0831. The number of carbonyl (C=O) groups is 1. The number of carbonyl (C=O) groups excluding carboxylic acids is 1. The summed E-state index contributed by atoms with van der Waals surface area (Å²) in [6.45, 7) is 4.18. The average Bonchev–Trinajstić information content (AvgIpc) is 3.33. The fourth-order valence-electron chi connectivity index (χ4n) is 5.57. The molecule has 4 aromatic rings. The van der Waals surface area contributed by atoms with Gasteiger partial charge < -0.3 is 18.9 Å². The third-order valence-corrected chi connectivity index (χ3v) is 7.37. The van der Waals surface area contributed by atoms with Crippen molar-refractivity contribution in [3.05, 3.63) is 82.6 Å². The lowest BCUT2D eigenvalue weighted by Gasteiger charge is -2.37. The lowest BCUT2D eigenvalue weighted by Crippen LogP contribution is -2.33. The summed E-state index contributed by atoms with van der Waals surface area (Å²) in [5.74, 6) is 3.50. The zero-order chi connectivity index (χ0) is 27.3. The summed E-state index contributed by atoms with van der Waals surface area (Å²) >= 11 is 0. The highest BCUT2D eigenvalue weighted by Gasteiger charge is 2.44. The number of methoxy groups -OCH3 is 3. The number of hydrogen-bond donors (Lipinski definition) is 0. The molecule has 1 unspecified atom stereocenters. The van der Waals surface area contributed by atoms with E-state index in [1.807, 2.05) is 42.5 Å². The number of benzene rings is 2. The van der Waals surface area contributed by atoms with Crippen LogP contribution in [-0.4, -0.2) is 46.7 Å². The van der Waals surface area contributed by atoms with Gasteiger partial charge in [0.15, 0.2) is 28.8 Å². The molecule has 0 N–H and O–H groups in total. The van der Waals surface area contributed by atoms with Crippen molar-refractivity contribution >= 4 is 11.4 Å². The second-order valence-corrected chi connectivity index (χ2v) is 10.7. The van der Waals surface area contributed by atoms with E-state index >= 15 is 0 Å². The highest BCUT2D eigenvalue weighted by atomic mass is 16.5. The van der Waals surface area contributed by atoms with Crippen LogP contribution in [-0.2, 0) is 11.2 Å². The van der Waals surface area contributed by atoms with Crippen molar-refractivity contribution in [1.29, 1.82) is 0 Å². The number of allylic oxidation sites excluding steroid dienone is 2. The van der Waals surface area contributed by atoms with E-state index in [0.717, 1.165) is 22.4 Å². The molecule has 1 atom stereocenters. The molecule has 200 valence electrons. The monoisotopic (exact) mass is 526 g/mol. The first-order chi connectivity index (χ1) is 18.8. The molecule has 0 fully saturated rings. The predicted molar refractivity (Wildman–Crippen MR) is 144 cm³/mol. The topological polar surface area (TPSA) is 97.1 Å². The molecule has 6 rings (SSSR count). The lowest BCUT2D eigenvalue weighted by molar-refractivity contribution is -0.118. The van der Waals surface area contributed by atoms with Crippen LogP contribution in [0, 0.1) is 5.41 Å². The summed E-state index contributed by atoms with van der Waals surface area (Å²) in [6.07, 6.45) is 3.20. The van der Waals surface area contributed by atoms with Gasteiger partial charge in [0.1, 0.15) is 17.8 Å². The second-order valence-electron chi connectivity index (χ2n) is 10.7. The normalized spacial score (nSPS) is 17.9. The molecule has 2 aliphatic rings. The molecule has 0 saturated heterocycles. The third-order valence-electron chi connectivity index (χ3n) is 7.37. The number of ether oxygens (including phenoxy) is 4. The van der Waals surface area contributed by atoms with Crippen molar-refractivity contribution in [2.75, 3.05) is 21.3 Å². The summed E-state index contributed by atoms with van der Waals surface area (Å²) in [7, 11) is 4.85. The van der Waals surface area contributed by atoms with Gasteiger partial charge in [-0.3, -0.25) is 4.79 Å². The van der Waals surface area contributed by atoms with Crippen molar-refractivity contribution < 1.29 is 23.7 Å². The van der Waals surface area contributed by atoms with Crippen molar-refractivity contribution in [3.63, 3.8) is 0 Å². The molecule has 9 heteroatoms. The lowest BCUT2D eigenvalue weighted by atomic mass is 9.70. The Morgan fingerprint density at radius 1 is 1.00 bits per heavy atom. The number of ketones is 1. The number of hydrogen-bond acceptors (Lipinski definition) is 8. The van der Waals surface area contributed by atoms with Crippen molar-refractivity contribution in [2.24, 2.45) is 5.41 Å². The van der Waals surface area contributed by atoms with Gasteiger partial charge in [-0.2, -0.15) is 0 Å². The molecule has 9 nitrogen and oxygen atoms in total. The van der Waals surface area contributed by atoms with E-state index in [4.69, 9.17) is 29.0 Å². The van der Waals surface area contributed by atoms with Crippen LogP contribution in [0.2, 0.25) is 0 Å². The van der Waals surface area contributed by atoms with Crippen LogP contribution in [0.1, 0.15) is 55.1 Å². The molecule has 2 aromatic heterocycles. The standard InChI is InChI=1S/C30H30N4O5/c1-30(2)14-20(35)26-23(15-30)39-29-27(25(26)18-7-9-19(36-3)10-8-18)28-32-24(33-34(28)16-31-29)13-17-6-11-21(37-4)22(12-17)38-5/h6-12,16,25H,13-15H2,1-5H3. The van der Waals surface area contributed by atoms with Crippen LogP contribution in [0.5, 0.6) is 23.1 Å². The van der Waals surface area contributed by atoms with E-state index in [9.17, 15) is 4.79 Å². The summed E-state index contributed by atoms with van der Waals surface area (Å²) in [6, 6.07) is 13.5. The predicted octanol–water partition coefficient (Wildman–Crippen LogP) is 4.91. The van der Waals surface area contributed by atoms with Gasteiger partial charge in [-0.05, 0) is 40.8 Å². The highest BCUT2D eigenvalue weighted by Crippen LogP contribution is 2.50. The molecular formula is C30H30N4O5. The Bertz CT molecular complexity index is 1620. The van der Waals surface area contributed by atoms with Crippen molar-refractivity contribution in [2.45, 2.75) is 39.0 Å². The molecule has 39 heavy (non-hydrogen) atoms. The smallest absolute Gasteiger partial charge is 0.228 e. The summed E-state index contributed by atoms with van der Waals surface area (Å²) in [4.78, 5) is 23.2. The fourth-order valence-corrected chi connectivity index (χ4v) is 5.57. The Morgan fingerprint density at radius 2 is 1.77 bits per heavy atom. The van der Waals surface area contributed by atoms with Crippen LogP contribution in [0.3, 0.4) is 0 Å². The first-order valence-corrected chi connectivity index (χ1v) is 12.8. The van der Waals surface area contributed by atoms with Crippen molar-refractivity contribution in [1.82, 2.24) is 19.6 Å². The molecule has 1 aliphatic carbocycles. The maximum absolute atomic E-state index is 13.6. The minimum atomic E-state index is -0.382. The van der Waals surface area contributed by atoms with Gasteiger partial charge in [-0.25, -0.2) is 14.5 Å². The number of nitrogens with zero attached hydrogens (tertiary/aromatic N) is 4. The van der Waals surface area contributed by atoms with Crippen LogP contribution >= 0.6 is 0 Å². The van der Waals surface area contributed by atoms with Crippen LogP contribution in [0.15, 0.2) is 60.1 Å². The molecule has 2 aromatic carbocycles. The minimum Gasteiger partial charge on any atom is -0.497 e. The highest BCUT2D eigenvalue weighted by molar-refractivity contribution is 6.00. The van der Waals surface area contributed by atoms with Crippen LogP contribution in [0.25, 0.3) is 5.65 Å². The van der Waals surface area contributed by atoms with Crippen LogP contribution in [0.4, 0.5) is 0 Å². The molecule has 1 aliphatic heterocycles. The molecule has 0 radical (unpaired) electrons. The van der Waals surface area contributed by atoms with Gasteiger partial charge >= 0.3 is 0 Å². The average molecular weight is 527 g/mol. The summed E-state index contributed by atoms with van der Waals surface area (Å²) in [5.41, 5.74) is 3.75. The fraction of sp³-hybridized carbons (Fsp3) is 0.333. The maximum Gasteiger partial charge on any atom is 0.228 e. The van der Waals surface area contributed by atoms with Gasteiger partial charge in [0.05, 0.1) is 26.9 Å². The molecule has 3 heterocycles. The van der Waals surface area contributed by atoms with Crippen molar-refractivity contribution in [3.8, 4) is 23.1 Å². The zero-order valence-corrected chi connectivity index (χ0v) is 22.6. The largest absolute Gasteiger partial charge is 0.497 e. The van der Waals surface area contributed by atoms with E-state index < -0.39 is 0 Å². The first-order valence-electron chi connectivity index (χ1n) is 12.8. The maximum atomic E-state index is 13.6. The number of fused-ring (bicyclic) bond motifs is 3. The number of Topliss-reactive ketones (excluding diaryl/α,β-unsaturated/α-hetero) is 1. The van der Waals surface area contributed by atoms with Gasteiger partial charge in [-0.1, -0.05) is 32.0 Å². The Hall–Kier alpha value is -4.40. The first kappa shape index (κ1) is 24.9. The molecular weight excluding hydrogens is 496 g/mol. The Morgan fingerprint density at radius 3 is 2.49 bits per heavy atom.